The monoisotopic (exact) mass is 193 g/mol. The van der Waals surface area contributed by atoms with E-state index in [0.717, 1.165) is 25.2 Å². The Hall–Kier alpha value is -1.29. The number of rotatable bonds is 2. The number of nitrogens with one attached hydrogen (secondary N) is 3. The molecule has 1 aromatic rings. The van der Waals surface area contributed by atoms with Crippen molar-refractivity contribution >= 4 is 11.7 Å². The third-order valence-electron chi connectivity index (χ3n) is 2.48. The fraction of sp³-hybridized carbons (Fsp3) is 0.500. The van der Waals surface area contributed by atoms with Crippen LogP contribution in [0.5, 0.6) is 0 Å². The number of anilines is 1. The molecule has 2 heterocycles. The Labute approximate surface area is 83.1 Å². The summed E-state index contributed by atoms with van der Waals surface area (Å²) in [5.74, 6) is 0.828. The number of aromatic nitrogens is 1. The van der Waals surface area contributed by atoms with Gasteiger partial charge in [-0.3, -0.25) is 4.79 Å². The molecule has 1 atom stereocenters. The predicted molar refractivity (Wildman–Crippen MR) is 55.1 cm³/mol. The maximum absolute atomic E-state index is 11.7. The van der Waals surface area contributed by atoms with Crippen LogP contribution in [0.1, 0.15) is 19.3 Å². The normalized spacial score (nSPS) is 21.9. The molecule has 14 heavy (non-hydrogen) atoms. The van der Waals surface area contributed by atoms with Crippen LogP contribution in [0.4, 0.5) is 5.82 Å². The minimum Gasteiger partial charge on any atom is -0.348 e. The molecule has 0 spiro atoms. The second-order valence-electron chi connectivity index (χ2n) is 3.58. The first kappa shape index (κ1) is 9.27. The molecule has 1 unspecified atom stereocenters. The van der Waals surface area contributed by atoms with Crippen molar-refractivity contribution in [3.05, 3.63) is 18.3 Å². The molecule has 3 N–H and O–H groups in total. The van der Waals surface area contributed by atoms with E-state index in [-0.39, 0.29) is 11.9 Å². The van der Waals surface area contributed by atoms with E-state index in [0.29, 0.717) is 0 Å². The lowest BCUT2D eigenvalue weighted by Crippen LogP contribution is -2.43. The summed E-state index contributed by atoms with van der Waals surface area (Å²) >= 11 is 0. The number of carbonyl (C=O) groups excluding carboxylic acids is 1. The van der Waals surface area contributed by atoms with E-state index in [1.807, 2.05) is 12.1 Å². The molecule has 1 aliphatic rings. The van der Waals surface area contributed by atoms with Crippen LogP contribution in [-0.2, 0) is 4.79 Å². The third kappa shape index (κ3) is 2.14. The zero-order chi connectivity index (χ0) is 9.80. The van der Waals surface area contributed by atoms with Crippen molar-refractivity contribution < 1.29 is 4.79 Å². The molecule has 4 heteroatoms. The molecule has 2 rings (SSSR count). The summed E-state index contributed by atoms with van der Waals surface area (Å²) in [6.07, 6.45) is 5.04. The predicted octanol–water partition coefficient (Wildman–Crippen LogP) is 1.10. The molecule has 0 radical (unpaired) electrons. The lowest BCUT2D eigenvalue weighted by atomic mass is 10.0. The van der Waals surface area contributed by atoms with Gasteiger partial charge in [0.2, 0.25) is 5.91 Å². The molecule has 1 aliphatic heterocycles. The van der Waals surface area contributed by atoms with E-state index in [9.17, 15) is 4.79 Å². The zero-order valence-electron chi connectivity index (χ0n) is 8.05. The van der Waals surface area contributed by atoms with Gasteiger partial charge in [-0.25, -0.2) is 0 Å². The smallest absolute Gasteiger partial charge is 0.242 e. The highest BCUT2D eigenvalue weighted by atomic mass is 16.2. The highest BCUT2D eigenvalue weighted by Gasteiger charge is 2.20. The first-order valence-corrected chi connectivity index (χ1v) is 5.04. The van der Waals surface area contributed by atoms with E-state index in [4.69, 9.17) is 0 Å². The van der Waals surface area contributed by atoms with E-state index >= 15 is 0 Å². The van der Waals surface area contributed by atoms with Crippen LogP contribution in [0.3, 0.4) is 0 Å². The Kier molecular flexibility index (Phi) is 2.84. The van der Waals surface area contributed by atoms with Gasteiger partial charge in [0.05, 0.1) is 6.04 Å². The van der Waals surface area contributed by atoms with Crippen LogP contribution >= 0.6 is 0 Å². The van der Waals surface area contributed by atoms with Gasteiger partial charge >= 0.3 is 0 Å². The van der Waals surface area contributed by atoms with Crippen LogP contribution < -0.4 is 10.6 Å². The first-order valence-electron chi connectivity index (χ1n) is 5.04. The molecule has 1 aromatic heterocycles. The average molecular weight is 193 g/mol. The summed E-state index contributed by atoms with van der Waals surface area (Å²) < 4.78 is 0. The number of hydrogen-bond donors (Lipinski definition) is 3. The molecule has 0 aliphatic carbocycles. The van der Waals surface area contributed by atoms with Crippen molar-refractivity contribution in [1.82, 2.24) is 10.3 Å². The average Bonchev–Trinajstić information content (AvgIpc) is 2.72. The van der Waals surface area contributed by atoms with Crippen molar-refractivity contribution in [1.29, 1.82) is 0 Å². The lowest BCUT2D eigenvalue weighted by Gasteiger charge is -2.22. The Bertz CT molecular complexity index is 288. The Balaban J connectivity index is 1.88. The molecule has 1 fully saturated rings. The topological polar surface area (TPSA) is 56.9 Å². The quantitative estimate of drug-likeness (QED) is 0.658. The summed E-state index contributed by atoms with van der Waals surface area (Å²) in [4.78, 5) is 14.6. The molecular formula is C10H15N3O. The molecule has 0 aromatic carbocycles. The van der Waals surface area contributed by atoms with Gasteiger partial charge in [0.15, 0.2) is 0 Å². The summed E-state index contributed by atoms with van der Waals surface area (Å²) in [5, 5.41) is 6.04. The van der Waals surface area contributed by atoms with Gasteiger partial charge in [-0.05, 0) is 31.5 Å². The standard InChI is InChI=1S/C10H15N3O/c14-10(8-4-1-2-6-11-8)13-9-5-3-7-12-9/h3,5,7-8,11-12H,1-2,4,6H2,(H,13,14). The Morgan fingerprint density at radius 3 is 3.07 bits per heavy atom. The number of aromatic amines is 1. The van der Waals surface area contributed by atoms with Crippen LogP contribution in [0.2, 0.25) is 0 Å². The molecular weight excluding hydrogens is 178 g/mol. The van der Waals surface area contributed by atoms with Gasteiger partial charge in [-0.1, -0.05) is 6.42 Å². The molecule has 76 valence electrons. The van der Waals surface area contributed by atoms with Gasteiger partial charge in [0.25, 0.3) is 0 Å². The lowest BCUT2D eigenvalue weighted by molar-refractivity contribution is -0.118. The van der Waals surface area contributed by atoms with Crippen molar-refractivity contribution in [2.45, 2.75) is 25.3 Å². The van der Waals surface area contributed by atoms with Crippen LogP contribution in [-0.4, -0.2) is 23.5 Å². The minimum atomic E-state index is -0.0213. The van der Waals surface area contributed by atoms with Gasteiger partial charge in [-0.2, -0.15) is 0 Å². The summed E-state index contributed by atoms with van der Waals surface area (Å²) in [7, 11) is 0. The number of amides is 1. The van der Waals surface area contributed by atoms with Gasteiger partial charge in [0, 0.05) is 6.20 Å². The van der Waals surface area contributed by atoms with Gasteiger partial charge in [0.1, 0.15) is 5.82 Å². The summed E-state index contributed by atoms with van der Waals surface area (Å²) in [6.45, 7) is 0.947. The molecule has 1 saturated heterocycles. The molecule has 1 amide bonds. The largest absolute Gasteiger partial charge is 0.348 e. The van der Waals surface area contributed by atoms with Crippen molar-refractivity contribution in [2.24, 2.45) is 0 Å². The summed E-state index contributed by atoms with van der Waals surface area (Å²) in [6, 6.07) is 3.69. The number of H-pyrrole nitrogens is 1. The van der Waals surface area contributed by atoms with Crippen molar-refractivity contribution in [3.8, 4) is 0 Å². The maximum atomic E-state index is 11.7. The third-order valence-corrected chi connectivity index (χ3v) is 2.48. The van der Waals surface area contributed by atoms with Gasteiger partial charge < -0.3 is 15.6 Å². The maximum Gasteiger partial charge on any atom is 0.242 e. The van der Waals surface area contributed by atoms with Gasteiger partial charge in [-0.15, -0.1) is 0 Å². The fourth-order valence-corrected chi connectivity index (χ4v) is 1.70. The Morgan fingerprint density at radius 2 is 2.43 bits per heavy atom. The van der Waals surface area contributed by atoms with E-state index in [1.165, 1.54) is 6.42 Å². The highest BCUT2D eigenvalue weighted by molar-refractivity contribution is 5.94. The molecule has 0 saturated carbocycles. The molecule has 4 nitrogen and oxygen atoms in total. The van der Waals surface area contributed by atoms with Crippen molar-refractivity contribution in [2.75, 3.05) is 11.9 Å². The second kappa shape index (κ2) is 4.28. The van der Waals surface area contributed by atoms with E-state index in [1.54, 1.807) is 6.20 Å². The SMILES string of the molecule is O=C(Nc1ccc[nH]1)C1CCCCN1. The van der Waals surface area contributed by atoms with E-state index < -0.39 is 0 Å². The van der Waals surface area contributed by atoms with Crippen LogP contribution in [0, 0.1) is 0 Å². The second-order valence-corrected chi connectivity index (χ2v) is 3.58. The minimum absolute atomic E-state index is 0.0213. The molecule has 0 bridgehead atoms. The number of piperidine rings is 1. The number of hydrogen-bond acceptors (Lipinski definition) is 2. The zero-order valence-corrected chi connectivity index (χ0v) is 8.05. The highest BCUT2D eigenvalue weighted by Crippen LogP contribution is 2.09. The Morgan fingerprint density at radius 1 is 1.50 bits per heavy atom. The van der Waals surface area contributed by atoms with Crippen molar-refractivity contribution in [3.63, 3.8) is 0 Å². The van der Waals surface area contributed by atoms with Crippen LogP contribution in [0.25, 0.3) is 0 Å². The fourth-order valence-electron chi connectivity index (χ4n) is 1.70. The van der Waals surface area contributed by atoms with Crippen LogP contribution in [0.15, 0.2) is 18.3 Å². The summed E-state index contributed by atoms with van der Waals surface area (Å²) in [5.41, 5.74) is 0. The first-order chi connectivity index (χ1) is 6.86. The number of carbonyl (C=O) groups is 1. The van der Waals surface area contributed by atoms with E-state index in [2.05, 4.69) is 15.6 Å².